The molecular formula is C11H10ClFN2O3S2. The average Bonchev–Trinajstić information content (AvgIpc) is 2.80. The third-order valence-electron chi connectivity index (χ3n) is 2.21. The van der Waals surface area contributed by atoms with Gasteiger partial charge in [-0.2, -0.15) is 0 Å². The zero-order valence-corrected chi connectivity index (χ0v) is 12.6. The SMILES string of the molecule is CCOc1cc(F)ccc1NS(=O)(=O)c1cnc(Cl)s1. The number of halogens is 2. The molecule has 5 nitrogen and oxygen atoms in total. The van der Waals surface area contributed by atoms with E-state index >= 15 is 0 Å². The molecular weight excluding hydrogens is 327 g/mol. The molecule has 0 aliphatic carbocycles. The van der Waals surface area contributed by atoms with Crippen LogP contribution < -0.4 is 9.46 Å². The second-order valence-corrected chi connectivity index (χ2v) is 7.13. The molecule has 1 aromatic heterocycles. The molecule has 0 aliphatic rings. The standard InChI is InChI=1S/C11H10ClFN2O3S2/c1-2-18-9-5-7(13)3-4-8(9)15-20(16,17)10-6-14-11(12)19-10/h3-6,15H,2H2,1H3. The number of anilines is 1. The zero-order valence-electron chi connectivity index (χ0n) is 10.3. The second-order valence-electron chi connectivity index (χ2n) is 3.61. The Bertz CT molecular complexity index is 718. The van der Waals surface area contributed by atoms with Crippen LogP contribution in [0.3, 0.4) is 0 Å². The largest absolute Gasteiger partial charge is 0.492 e. The Kier molecular flexibility index (Phi) is 4.46. The van der Waals surface area contributed by atoms with Gasteiger partial charge in [-0.1, -0.05) is 22.9 Å². The quantitative estimate of drug-likeness (QED) is 0.910. The van der Waals surface area contributed by atoms with E-state index in [1.165, 1.54) is 6.07 Å². The van der Waals surface area contributed by atoms with Crippen molar-refractivity contribution in [3.8, 4) is 5.75 Å². The monoisotopic (exact) mass is 336 g/mol. The summed E-state index contributed by atoms with van der Waals surface area (Å²) in [5.74, 6) is -0.399. The highest BCUT2D eigenvalue weighted by atomic mass is 35.5. The first-order chi connectivity index (χ1) is 9.42. The van der Waals surface area contributed by atoms with E-state index in [9.17, 15) is 12.8 Å². The van der Waals surface area contributed by atoms with Gasteiger partial charge in [-0.05, 0) is 19.1 Å². The molecule has 0 spiro atoms. The topological polar surface area (TPSA) is 68.3 Å². The van der Waals surface area contributed by atoms with Gasteiger partial charge in [-0.3, -0.25) is 4.72 Å². The number of nitrogens with one attached hydrogen (secondary N) is 1. The highest BCUT2D eigenvalue weighted by Crippen LogP contribution is 2.30. The van der Waals surface area contributed by atoms with Gasteiger partial charge in [0.1, 0.15) is 11.6 Å². The van der Waals surface area contributed by atoms with Crippen molar-refractivity contribution in [2.24, 2.45) is 0 Å². The van der Waals surface area contributed by atoms with Crippen molar-refractivity contribution < 1.29 is 17.5 Å². The minimum atomic E-state index is -3.83. The van der Waals surface area contributed by atoms with Gasteiger partial charge < -0.3 is 4.74 Å². The fourth-order valence-electron chi connectivity index (χ4n) is 1.41. The van der Waals surface area contributed by atoms with E-state index < -0.39 is 15.8 Å². The van der Waals surface area contributed by atoms with E-state index in [4.69, 9.17) is 16.3 Å². The van der Waals surface area contributed by atoms with E-state index in [-0.39, 0.29) is 26.7 Å². The molecule has 0 unspecified atom stereocenters. The molecule has 1 aromatic carbocycles. The number of sulfonamides is 1. The van der Waals surface area contributed by atoms with Crippen LogP contribution in [0.2, 0.25) is 4.47 Å². The molecule has 0 fully saturated rings. The van der Waals surface area contributed by atoms with Crippen molar-refractivity contribution >= 4 is 38.6 Å². The zero-order chi connectivity index (χ0) is 14.8. The number of benzene rings is 1. The van der Waals surface area contributed by atoms with E-state index in [0.29, 0.717) is 0 Å². The van der Waals surface area contributed by atoms with Gasteiger partial charge in [0, 0.05) is 6.07 Å². The van der Waals surface area contributed by atoms with Crippen molar-refractivity contribution in [3.05, 3.63) is 34.7 Å². The highest BCUT2D eigenvalue weighted by Gasteiger charge is 2.19. The number of ether oxygens (including phenoxy) is 1. The van der Waals surface area contributed by atoms with Gasteiger partial charge >= 0.3 is 0 Å². The van der Waals surface area contributed by atoms with Gasteiger partial charge in [0.25, 0.3) is 10.0 Å². The normalized spacial score (nSPS) is 11.3. The van der Waals surface area contributed by atoms with Crippen molar-refractivity contribution in [1.29, 1.82) is 0 Å². The summed E-state index contributed by atoms with van der Waals surface area (Å²) in [6, 6.07) is 3.54. The maximum atomic E-state index is 13.1. The number of aromatic nitrogens is 1. The van der Waals surface area contributed by atoms with Gasteiger partial charge in [0.15, 0.2) is 8.68 Å². The number of hydrogen-bond donors (Lipinski definition) is 1. The first-order valence-electron chi connectivity index (χ1n) is 5.49. The minimum Gasteiger partial charge on any atom is -0.492 e. The van der Waals surface area contributed by atoms with Crippen LogP contribution in [0.15, 0.2) is 28.6 Å². The molecule has 0 atom stereocenters. The molecule has 2 aromatic rings. The Hall–Kier alpha value is -1.38. The molecule has 108 valence electrons. The molecule has 0 amide bonds. The lowest BCUT2D eigenvalue weighted by Gasteiger charge is -2.11. The summed E-state index contributed by atoms with van der Waals surface area (Å²) >= 11 is 6.44. The van der Waals surface area contributed by atoms with Crippen LogP contribution in [0.1, 0.15) is 6.92 Å². The fraction of sp³-hybridized carbons (Fsp3) is 0.182. The van der Waals surface area contributed by atoms with Crippen LogP contribution in [0.4, 0.5) is 10.1 Å². The third kappa shape index (κ3) is 3.38. The Morgan fingerprint density at radius 2 is 2.25 bits per heavy atom. The molecule has 0 bridgehead atoms. The van der Waals surface area contributed by atoms with E-state index in [1.54, 1.807) is 6.92 Å². The maximum absolute atomic E-state index is 13.1. The van der Waals surface area contributed by atoms with Gasteiger partial charge in [-0.25, -0.2) is 17.8 Å². The number of hydrogen-bond acceptors (Lipinski definition) is 5. The van der Waals surface area contributed by atoms with Crippen LogP contribution >= 0.6 is 22.9 Å². The van der Waals surface area contributed by atoms with Crippen LogP contribution in [-0.2, 0) is 10.0 Å². The van der Waals surface area contributed by atoms with Gasteiger partial charge in [-0.15, -0.1) is 0 Å². The second kappa shape index (κ2) is 5.94. The Labute approximate surface area is 124 Å². The van der Waals surface area contributed by atoms with Gasteiger partial charge in [0.2, 0.25) is 0 Å². The van der Waals surface area contributed by atoms with E-state index in [1.807, 2.05) is 0 Å². The molecule has 0 saturated carbocycles. The number of thiazole rings is 1. The predicted octanol–water partition coefficient (Wildman–Crippen LogP) is 3.14. The predicted molar refractivity (Wildman–Crippen MR) is 75.5 cm³/mol. The van der Waals surface area contributed by atoms with Crippen molar-refractivity contribution in [2.75, 3.05) is 11.3 Å². The van der Waals surface area contributed by atoms with Crippen LogP contribution in [0, 0.1) is 5.82 Å². The molecule has 0 radical (unpaired) electrons. The van der Waals surface area contributed by atoms with Crippen LogP contribution in [0.25, 0.3) is 0 Å². The molecule has 2 rings (SSSR count). The Morgan fingerprint density at radius 3 is 2.85 bits per heavy atom. The summed E-state index contributed by atoms with van der Waals surface area (Å²) < 4.78 is 45.0. The minimum absolute atomic E-state index is 0.0331. The van der Waals surface area contributed by atoms with Crippen LogP contribution in [-0.4, -0.2) is 20.0 Å². The van der Waals surface area contributed by atoms with Crippen LogP contribution in [0.5, 0.6) is 5.75 Å². The first kappa shape index (κ1) is 15.0. The summed E-state index contributed by atoms with van der Waals surface area (Å²) in [5, 5.41) is 0. The molecule has 0 saturated heterocycles. The van der Waals surface area contributed by atoms with Crippen molar-refractivity contribution in [1.82, 2.24) is 4.98 Å². The molecule has 1 N–H and O–H groups in total. The highest BCUT2D eigenvalue weighted by molar-refractivity contribution is 7.94. The summed E-state index contributed by atoms with van der Waals surface area (Å²) in [5.41, 5.74) is 0.151. The Balaban J connectivity index is 2.34. The molecule has 20 heavy (non-hydrogen) atoms. The lowest BCUT2D eigenvalue weighted by atomic mass is 10.3. The first-order valence-corrected chi connectivity index (χ1v) is 8.16. The lowest BCUT2D eigenvalue weighted by Crippen LogP contribution is -2.12. The molecule has 9 heteroatoms. The average molecular weight is 337 g/mol. The van der Waals surface area contributed by atoms with Gasteiger partial charge in [0.05, 0.1) is 18.5 Å². The summed E-state index contributed by atoms with van der Waals surface area (Å²) in [4.78, 5) is 3.67. The summed E-state index contributed by atoms with van der Waals surface area (Å²) in [6.07, 6.45) is 1.15. The molecule has 1 heterocycles. The number of nitrogens with zero attached hydrogens (tertiary/aromatic N) is 1. The van der Waals surface area contributed by atoms with E-state index in [2.05, 4.69) is 9.71 Å². The van der Waals surface area contributed by atoms with Crippen molar-refractivity contribution in [3.63, 3.8) is 0 Å². The van der Waals surface area contributed by atoms with Crippen molar-refractivity contribution in [2.45, 2.75) is 11.1 Å². The fourth-order valence-corrected chi connectivity index (χ4v) is 3.78. The third-order valence-corrected chi connectivity index (χ3v) is 5.15. The Morgan fingerprint density at radius 1 is 1.50 bits per heavy atom. The summed E-state index contributed by atoms with van der Waals surface area (Å²) in [7, 11) is -3.83. The lowest BCUT2D eigenvalue weighted by molar-refractivity contribution is 0.340. The maximum Gasteiger partial charge on any atom is 0.273 e. The smallest absolute Gasteiger partial charge is 0.273 e. The molecule has 0 aliphatic heterocycles. The number of rotatable bonds is 5. The van der Waals surface area contributed by atoms with E-state index in [0.717, 1.165) is 29.7 Å². The summed E-state index contributed by atoms with van der Waals surface area (Å²) in [6.45, 7) is 2.00.